The number of carbonyl (C=O) groups excluding carboxylic acids is 1. The van der Waals surface area contributed by atoms with Crippen molar-refractivity contribution >= 4 is 15.7 Å². The van der Waals surface area contributed by atoms with E-state index < -0.39 is 14.6 Å². The third kappa shape index (κ3) is 4.54. The van der Waals surface area contributed by atoms with E-state index in [1.54, 1.807) is 33.0 Å². The van der Waals surface area contributed by atoms with E-state index in [9.17, 15) is 13.2 Å². The Morgan fingerprint density at radius 1 is 1.48 bits per heavy atom. The fourth-order valence-electron chi connectivity index (χ4n) is 2.42. The SMILES string of the molecule is CC(C)(C)S(=O)(=O)CCNC(=O)c1ccn(C2CCCNC2)n1. The summed E-state index contributed by atoms with van der Waals surface area (Å²) in [6, 6.07) is 1.94. The first-order valence-electron chi connectivity index (χ1n) is 7.97. The van der Waals surface area contributed by atoms with E-state index >= 15 is 0 Å². The van der Waals surface area contributed by atoms with Gasteiger partial charge in [0.1, 0.15) is 5.69 Å². The van der Waals surface area contributed by atoms with Crippen molar-refractivity contribution in [3.05, 3.63) is 18.0 Å². The van der Waals surface area contributed by atoms with Crippen molar-refractivity contribution in [2.75, 3.05) is 25.4 Å². The van der Waals surface area contributed by atoms with Gasteiger partial charge in [0.2, 0.25) is 0 Å². The lowest BCUT2D eigenvalue weighted by Gasteiger charge is -2.22. The molecule has 23 heavy (non-hydrogen) atoms. The Morgan fingerprint density at radius 2 is 2.22 bits per heavy atom. The van der Waals surface area contributed by atoms with Gasteiger partial charge in [0.15, 0.2) is 9.84 Å². The molecule has 2 rings (SSSR count). The Morgan fingerprint density at radius 3 is 2.83 bits per heavy atom. The Balaban J connectivity index is 1.88. The number of sulfone groups is 1. The van der Waals surface area contributed by atoms with E-state index in [1.165, 1.54) is 0 Å². The molecule has 2 heterocycles. The molecule has 0 saturated carbocycles. The third-order valence-corrected chi connectivity index (χ3v) is 6.68. The first-order valence-corrected chi connectivity index (χ1v) is 9.62. The van der Waals surface area contributed by atoms with E-state index in [4.69, 9.17) is 0 Å². The number of aromatic nitrogens is 2. The van der Waals surface area contributed by atoms with Crippen molar-refractivity contribution in [2.45, 2.75) is 44.4 Å². The van der Waals surface area contributed by atoms with Gasteiger partial charge in [0.05, 0.1) is 16.5 Å². The van der Waals surface area contributed by atoms with Crippen molar-refractivity contribution in [3.8, 4) is 0 Å². The van der Waals surface area contributed by atoms with Crippen molar-refractivity contribution in [2.24, 2.45) is 0 Å². The Kier molecular flexibility index (Phi) is 5.46. The molecule has 0 bridgehead atoms. The highest BCUT2D eigenvalue weighted by atomic mass is 32.2. The number of nitrogens with zero attached hydrogens (tertiary/aromatic N) is 2. The van der Waals surface area contributed by atoms with Gasteiger partial charge in [-0.05, 0) is 46.2 Å². The van der Waals surface area contributed by atoms with Gasteiger partial charge < -0.3 is 10.6 Å². The number of carbonyl (C=O) groups is 1. The second kappa shape index (κ2) is 7.00. The van der Waals surface area contributed by atoms with Crippen LogP contribution in [0.2, 0.25) is 0 Å². The molecule has 0 radical (unpaired) electrons. The second-order valence-corrected chi connectivity index (χ2v) is 9.73. The van der Waals surface area contributed by atoms with Crippen LogP contribution in [0.4, 0.5) is 0 Å². The maximum Gasteiger partial charge on any atom is 0.271 e. The van der Waals surface area contributed by atoms with Gasteiger partial charge in [-0.1, -0.05) is 0 Å². The lowest BCUT2D eigenvalue weighted by Crippen LogP contribution is -2.36. The predicted molar refractivity (Wildman–Crippen MR) is 89.2 cm³/mol. The highest BCUT2D eigenvalue weighted by Gasteiger charge is 2.28. The van der Waals surface area contributed by atoms with E-state index in [1.807, 2.05) is 4.68 Å². The van der Waals surface area contributed by atoms with Gasteiger partial charge in [-0.15, -0.1) is 0 Å². The molecule has 2 N–H and O–H groups in total. The van der Waals surface area contributed by atoms with E-state index in [2.05, 4.69) is 15.7 Å². The molecule has 1 aromatic rings. The minimum atomic E-state index is -3.24. The fourth-order valence-corrected chi connectivity index (χ4v) is 3.40. The molecule has 1 atom stereocenters. The van der Waals surface area contributed by atoms with Gasteiger partial charge in [-0.3, -0.25) is 9.48 Å². The van der Waals surface area contributed by atoms with Gasteiger partial charge in [0.25, 0.3) is 5.91 Å². The summed E-state index contributed by atoms with van der Waals surface area (Å²) >= 11 is 0. The van der Waals surface area contributed by atoms with E-state index in [0.717, 1.165) is 25.9 Å². The maximum atomic E-state index is 12.1. The average molecular weight is 342 g/mol. The summed E-state index contributed by atoms with van der Waals surface area (Å²) in [4.78, 5) is 12.1. The third-order valence-electron chi connectivity index (χ3n) is 4.08. The molecular weight excluding hydrogens is 316 g/mol. The highest BCUT2D eigenvalue weighted by molar-refractivity contribution is 7.92. The van der Waals surface area contributed by atoms with Crippen LogP contribution in [0, 0.1) is 0 Å². The summed E-state index contributed by atoms with van der Waals surface area (Å²) in [7, 11) is -3.24. The molecule has 1 aliphatic heterocycles. The summed E-state index contributed by atoms with van der Waals surface area (Å²) in [5.41, 5.74) is 0.323. The van der Waals surface area contributed by atoms with Crippen LogP contribution in [0.25, 0.3) is 0 Å². The predicted octanol–water partition coefficient (Wildman–Crippen LogP) is 0.751. The molecule has 8 heteroatoms. The topological polar surface area (TPSA) is 93.1 Å². The van der Waals surface area contributed by atoms with Gasteiger partial charge in [-0.2, -0.15) is 5.10 Å². The zero-order valence-electron chi connectivity index (χ0n) is 14.0. The monoisotopic (exact) mass is 342 g/mol. The van der Waals surface area contributed by atoms with E-state index in [0.29, 0.717) is 5.69 Å². The number of nitrogens with one attached hydrogen (secondary N) is 2. The molecule has 1 aliphatic rings. The molecule has 0 aromatic carbocycles. The van der Waals surface area contributed by atoms with Gasteiger partial charge >= 0.3 is 0 Å². The molecule has 1 aromatic heterocycles. The largest absolute Gasteiger partial charge is 0.350 e. The van der Waals surface area contributed by atoms with Crippen LogP contribution < -0.4 is 10.6 Å². The smallest absolute Gasteiger partial charge is 0.271 e. The van der Waals surface area contributed by atoms with Crippen LogP contribution in [-0.4, -0.2) is 54.2 Å². The first kappa shape index (κ1) is 17.9. The highest BCUT2D eigenvalue weighted by Crippen LogP contribution is 2.16. The van der Waals surface area contributed by atoms with Gasteiger partial charge in [-0.25, -0.2) is 8.42 Å². The van der Waals surface area contributed by atoms with Crippen LogP contribution in [-0.2, 0) is 9.84 Å². The Labute approximate surface area is 137 Å². The quantitative estimate of drug-likeness (QED) is 0.824. The summed E-state index contributed by atoms with van der Waals surface area (Å²) < 4.78 is 25.0. The maximum absolute atomic E-state index is 12.1. The molecule has 1 amide bonds. The summed E-state index contributed by atoms with van der Waals surface area (Å²) in [5.74, 6) is -0.410. The summed E-state index contributed by atoms with van der Waals surface area (Å²) in [6.07, 6.45) is 3.94. The number of amides is 1. The van der Waals surface area contributed by atoms with Crippen LogP contribution in [0.15, 0.2) is 12.3 Å². The molecule has 130 valence electrons. The molecular formula is C15H26N4O3S. The minimum Gasteiger partial charge on any atom is -0.350 e. The summed E-state index contributed by atoms with van der Waals surface area (Å²) in [5, 5.41) is 10.3. The van der Waals surface area contributed by atoms with Crippen LogP contribution >= 0.6 is 0 Å². The number of hydrogen-bond donors (Lipinski definition) is 2. The van der Waals surface area contributed by atoms with Crippen LogP contribution in [0.1, 0.15) is 50.1 Å². The normalized spacial score (nSPS) is 19.5. The molecule has 1 fully saturated rings. The van der Waals surface area contributed by atoms with Crippen LogP contribution in [0.3, 0.4) is 0 Å². The first-order chi connectivity index (χ1) is 10.7. The van der Waals surface area contributed by atoms with Crippen molar-refractivity contribution in [3.63, 3.8) is 0 Å². The molecule has 7 nitrogen and oxygen atoms in total. The zero-order chi connectivity index (χ0) is 17.1. The molecule has 1 unspecified atom stereocenters. The van der Waals surface area contributed by atoms with Gasteiger partial charge in [0, 0.05) is 19.3 Å². The van der Waals surface area contributed by atoms with E-state index in [-0.39, 0.29) is 24.2 Å². The molecule has 1 saturated heterocycles. The Hall–Kier alpha value is -1.41. The zero-order valence-corrected chi connectivity index (χ0v) is 14.8. The lowest BCUT2D eigenvalue weighted by molar-refractivity contribution is 0.0949. The number of piperidine rings is 1. The second-order valence-electron chi connectivity index (χ2n) is 6.87. The number of hydrogen-bond acceptors (Lipinski definition) is 5. The van der Waals surface area contributed by atoms with Crippen molar-refractivity contribution in [1.82, 2.24) is 20.4 Å². The summed E-state index contributed by atoms with van der Waals surface area (Å²) in [6.45, 7) is 6.94. The fraction of sp³-hybridized carbons (Fsp3) is 0.733. The minimum absolute atomic E-state index is 0.0739. The molecule has 0 aliphatic carbocycles. The van der Waals surface area contributed by atoms with Crippen molar-refractivity contribution < 1.29 is 13.2 Å². The van der Waals surface area contributed by atoms with Crippen molar-refractivity contribution in [1.29, 1.82) is 0 Å². The average Bonchev–Trinajstić information content (AvgIpc) is 2.96. The Bertz CT molecular complexity index is 640. The van der Waals surface area contributed by atoms with Crippen LogP contribution in [0.5, 0.6) is 0 Å². The lowest BCUT2D eigenvalue weighted by atomic mass is 10.1. The molecule has 0 spiro atoms. The standard InChI is InChI=1S/C15H26N4O3S/c1-15(2,3)23(21,22)10-8-17-14(20)13-6-9-19(18-13)12-5-4-7-16-11-12/h6,9,12,16H,4-5,7-8,10-11H2,1-3H3,(H,17,20). The number of rotatable bonds is 5.